The van der Waals surface area contributed by atoms with E-state index in [1.807, 2.05) is 47.0 Å². The Morgan fingerprint density at radius 3 is 2.65 bits per heavy atom. The molecule has 3 rings (SSSR count). The molecule has 1 heterocycles. The highest BCUT2D eigenvalue weighted by Crippen LogP contribution is 2.41. The lowest BCUT2D eigenvalue weighted by atomic mass is 10.0. The fraction of sp³-hybridized carbons (Fsp3) is 0.316. The van der Waals surface area contributed by atoms with Gasteiger partial charge in [-0.3, -0.25) is 4.79 Å². The van der Waals surface area contributed by atoms with Gasteiger partial charge in [-0.2, -0.15) is 0 Å². The monoisotopic (exact) mass is 345 g/mol. The van der Waals surface area contributed by atoms with Crippen LogP contribution in [0.15, 0.2) is 48.5 Å². The molecule has 0 saturated carbocycles. The molecule has 2 aromatic rings. The number of carbonyl (C=O) groups excluding carboxylic acids is 1. The van der Waals surface area contributed by atoms with E-state index >= 15 is 0 Å². The Morgan fingerprint density at radius 2 is 1.96 bits per heavy atom. The minimum Gasteiger partial charge on any atom is -0.324 e. The van der Waals surface area contributed by atoms with Crippen molar-refractivity contribution in [3.05, 3.63) is 70.8 Å². The molecule has 0 radical (unpaired) electrons. The highest BCUT2D eigenvalue weighted by Gasteiger charge is 2.34. The van der Waals surface area contributed by atoms with Crippen molar-refractivity contribution in [2.45, 2.75) is 24.6 Å². The summed E-state index contributed by atoms with van der Waals surface area (Å²) >= 11 is 8.27. The molecule has 1 aliphatic heterocycles. The normalized spacial score (nSPS) is 18.9. The highest BCUT2D eigenvalue weighted by molar-refractivity contribution is 7.99. The summed E-state index contributed by atoms with van der Waals surface area (Å²) in [5.41, 5.74) is 4.54. The Hall–Kier alpha value is -1.45. The maximum Gasteiger partial charge on any atom is 0.246 e. The average molecular weight is 346 g/mol. The van der Waals surface area contributed by atoms with Gasteiger partial charge in [0.2, 0.25) is 5.91 Å². The molecule has 1 saturated heterocycles. The summed E-state index contributed by atoms with van der Waals surface area (Å²) in [6.45, 7) is 4.95. The van der Waals surface area contributed by atoms with Crippen LogP contribution in [0.25, 0.3) is 0 Å². The number of thioether (sulfide) groups is 1. The molecule has 0 bridgehead atoms. The molecule has 23 heavy (non-hydrogen) atoms. The van der Waals surface area contributed by atoms with Gasteiger partial charge in [0.15, 0.2) is 0 Å². The number of benzene rings is 2. The van der Waals surface area contributed by atoms with Crippen LogP contribution in [-0.4, -0.2) is 23.1 Å². The maximum absolute atomic E-state index is 12.9. The van der Waals surface area contributed by atoms with E-state index in [-0.39, 0.29) is 11.3 Å². The first-order chi connectivity index (χ1) is 11.1. The van der Waals surface area contributed by atoms with Gasteiger partial charge in [0, 0.05) is 12.3 Å². The summed E-state index contributed by atoms with van der Waals surface area (Å²) in [6.07, 6.45) is 0. The molecule has 0 spiro atoms. The average Bonchev–Trinajstić information content (AvgIpc) is 3.03. The summed E-state index contributed by atoms with van der Waals surface area (Å²) in [7, 11) is 0. The van der Waals surface area contributed by atoms with Gasteiger partial charge in [-0.05, 0) is 30.5 Å². The van der Waals surface area contributed by atoms with E-state index in [1.165, 1.54) is 16.7 Å². The van der Waals surface area contributed by atoms with Crippen LogP contribution < -0.4 is 0 Å². The minimum absolute atomic E-state index is 0.00663. The number of nitrogens with zero attached hydrogens (tertiary/aromatic N) is 1. The summed E-state index contributed by atoms with van der Waals surface area (Å²) in [5, 5.41) is -0.559. The van der Waals surface area contributed by atoms with Crippen molar-refractivity contribution in [3.8, 4) is 0 Å². The zero-order valence-corrected chi connectivity index (χ0v) is 14.9. The van der Waals surface area contributed by atoms with Crippen LogP contribution in [0.1, 0.15) is 33.0 Å². The zero-order valence-electron chi connectivity index (χ0n) is 13.3. The molecule has 1 amide bonds. The maximum atomic E-state index is 12.9. The van der Waals surface area contributed by atoms with Crippen molar-refractivity contribution in [2.24, 2.45) is 0 Å². The lowest BCUT2D eigenvalue weighted by molar-refractivity contribution is -0.131. The number of carbonyl (C=O) groups is 1. The van der Waals surface area contributed by atoms with E-state index in [0.717, 1.165) is 17.9 Å². The van der Waals surface area contributed by atoms with Gasteiger partial charge in [0.25, 0.3) is 0 Å². The SMILES string of the molecule is Cc1ccc([C@H]2SCCN2C(=O)[C@H](Cl)c2ccccc2)c(C)c1. The number of hydrogen-bond acceptors (Lipinski definition) is 2. The number of rotatable bonds is 3. The Bertz CT molecular complexity index is 704. The highest BCUT2D eigenvalue weighted by atomic mass is 35.5. The number of hydrogen-bond donors (Lipinski definition) is 0. The van der Waals surface area contributed by atoms with Crippen LogP contribution in [0.3, 0.4) is 0 Å². The Morgan fingerprint density at radius 1 is 1.22 bits per heavy atom. The van der Waals surface area contributed by atoms with E-state index in [4.69, 9.17) is 11.6 Å². The number of aryl methyl sites for hydroxylation is 2. The molecule has 0 N–H and O–H groups in total. The van der Waals surface area contributed by atoms with E-state index in [1.54, 1.807) is 0 Å². The molecule has 2 atom stereocenters. The lowest BCUT2D eigenvalue weighted by Crippen LogP contribution is -2.33. The van der Waals surface area contributed by atoms with Crippen molar-refractivity contribution < 1.29 is 4.79 Å². The first kappa shape index (κ1) is 16.4. The first-order valence-corrected chi connectivity index (χ1v) is 9.24. The number of alkyl halides is 1. The van der Waals surface area contributed by atoms with Crippen LogP contribution in [0, 0.1) is 13.8 Å². The second-order valence-corrected chi connectivity index (χ2v) is 7.51. The Kier molecular flexibility index (Phi) is 4.98. The van der Waals surface area contributed by atoms with Crippen molar-refractivity contribution in [1.82, 2.24) is 4.90 Å². The third-order valence-electron chi connectivity index (χ3n) is 4.17. The van der Waals surface area contributed by atoms with Crippen LogP contribution in [0.5, 0.6) is 0 Å². The molecule has 4 heteroatoms. The van der Waals surface area contributed by atoms with Crippen LogP contribution in [0.4, 0.5) is 0 Å². The number of amides is 1. The quantitative estimate of drug-likeness (QED) is 0.740. The second kappa shape index (κ2) is 6.98. The summed E-state index contributed by atoms with van der Waals surface area (Å²) in [5.74, 6) is 0.940. The molecule has 2 nitrogen and oxygen atoms in total. The molecule has 0 aliphatic carbocycles. The van der Waals surface area contributed by atoms with Crippen LogP contribution >= 0.6 is 23.4 Å². The fourth-order valence-electron chi connectivity index (χ4n) is 2.97. The van der Waals surface area contributed by atoms with E-state index in [9.17, 15) is 4.79 Å². The summed E-state index contributed by atoms with van der Waals surface area (Å²) in [4.78, 5) is 14.8. The fourth-order valence-corrected chi connectivity index (χ4v) is 4.60. The predicted octanol–water partition coefficient (Wildman–Crippen LogP) is 4.86. The molecule has 120 valence electrons. The summed E-state index contributed by atoms with van der Waals surface area (Å²) in [6, 6.07) is 16.0. The van der Waals surface area contributed by atoms with Gasteiger partial charge < -0.3 is 4.90 Å². The predicted molar refractivity (Wildman–Crippen MR) is 97.9 cm³/mol. The molecule has 1 fully saturated rings. The third-order valence-corrected chi connectivity index (χ3v) is 5.86. The first-order valence-electron chi connectivity index (χ1n) is 7.76. The van der Waals surface area contributed by atoms with Crippen molar-refractivity contribution in [2.75, 3.05) is 12.3 Å². The van der Waals surface area contributed by atoms with Crippen molar-refractivity contribution in [3.63, 3.8) is 0 Å². The molecular weight excluding hydrogens is 326 g/mol. The van der Waals surface area contributed by atoms with Gasteiger partial charge in [-0.15, -0.1) is 23.4 Å². The van der Waals surface area contributed by atoms with Gasteiger partial charge in [0.05, 0.1) is 0 Å². The zero-order chi connectivity index (χ0) is 16.4. The standard InChI is InChI=1S/C19H20ClNOS/c1-13-8-9-16(14(2)12-13)19-21(10-11-23-19)18(22)17(20)15-6-4-3-5-7-15/h3-9,12,17,19H,10-11H2,1-2H3/t17-,19-/m1/s1. The Labute approximate surface area is 146 Å². The topological polar surface area (TPSA) is 20.3 Å². The van der Waals surface area contributed by atoms with Crippen LogP contribution in [-0.2, 0) is 4.79 Å². The second-order valence-electron chi connectivity index (χ2n) is 5.89. The molecule has 1 aliphatic rings. The minimum atomic E-state index is -0.622. The largest absolute Gasteiger partial charge is 0.324 e. The summed E-state index contributed by atoms with van der Waals surface area (Å²) < 4.78 is 0. The molecule has 2 aromatic carbocycles. The molecular formula is C19H20ClNOS. The smallest absolute Gasteiger partial charge is 0.246 e. The van der Waals surface area contributed by atoms with E-state index in [0.29, 0.717) is 0 Å². The van der Waals surface area contributed by atoms with E-state index in [2.05, 4.69) is 32.0 Å². The van der Waals surface area contributed by atoms with Gasteiger partial charge in [0.1, 0.15) is 10.8 Å². The Balaban J connectivity index is 1.85. The van der Waals surface area contributed by atoms with Crippen molar-refractivity contribution in [1.29, 1.82) is 0 Å². The van der Waals surface area contributed by atoms with Crippen molar-refractivity contribution >= 4 is 29.3 Å². The number of halogens is 1. The van der Waals surface area contributed by atoms with Crippen LogP contribution in [0.2, 0.25) is 0 Å². The van der Waals surface area contributed by atoms with Gasteiger partial charge in [-0.1, -0.05) is 54.1 Å². The lowest BCUT2D eigenvalue weighted by Gasteiger charge is -2.27. The molecule has 0 aromatic heterocycles. The van der Waals surface area contributed by atoms with Gasteiger partial charge in [-0.25, -0.2) is 0 Å². The molecule has 0 unspecified atom stereocenters. The third kappa shape index (κ3) is 3.41. The van der Waals surface area contributed by atoms with Gasteiger partial charge >= 0.3 is 0 Å². The van der Waals surface area contributed by atoms with E-state index < -0.39 is 5.38 Å².